The summed E-state index contributed by atoms with van der Waals surface area (Å²) >= 11 is 0. The zero-order valence-corrected chi connectivity index (χ0v) is 44.3. The Hall–Kier alpha value is -8.74. The summed E-state index contributed by atoms with van der Waals surface area (Å²) in [5, 5.41) is 8.22. The molecule has 3 aromatic heterocycles. The van der Waals surface area contributed by atoms with Crippen LogP contribution in [0.5, 0.6) is 11.5 Å². The standard InChI is InChI=1S/C68H46N5OSi.Pt/c1-45-40-67(69-43-56(45)68-63(72-57-30-9-3-24-50(57)51-25-4-10-31-58(51)72)36-19-37-64(68)73-59-32-11-5-26-52(59)53-27-6-12-33-60(53)73)75(65-38-15-7-28-54(65)55-29-8-16-39-66(55)75)49-23-18-22-48(42-49)74-47-21-17-20-46(41-47)71-44-70(2)61-34-13-14-35-62(61)71;/h3-40,43-44H,1-2H3;/q-3;/i1D3;. The number of anilines is 3. The summed E-state index contributed by atoms with van der Waals surface area (Å²) in [6, 6.07) is 86.7. The molecule has 0 unspecified atom stereocenters. The molecule has 13 aromatic rings. The van der Waals surface area contributed by atoms with E-state index in [2.05, 4.69) is 220 Å². The van der Waals surface area contributed by atoms with Crippen LogP contribution in [0.2, 0.25) is 0 Å². The summed E-state index contributed by atoms with van der Waals surface area (Å²) in [6.07, 6.45) is 1.85. The van der Waals surface area contributed by atoms with Gasteiger partial charge in [0, 0.05) is 92.2 Å². The maximum absolute atomic E-state index is 9.66. The predicted octanol–water partition coefficient (Wildman–Crippen LogP) is 13.7. The second-order valence-corrected chi connectivity index (χ2v) is 23.0. The van der Waals surface area contributed by atoms with Gasteiger partial charge in [0.05, 0.1) is 33.4 Å². The molecular weight excluding hydrogens is 1130 g/mol. The topological polar surface area (TPSA) is 38.5 Å². The molecule has 0 fully saturated rings. The molecular formula is C68H46N5OPtSi-3. The normalized spacial score (nSPS) is 14.0. The van der Waals surface area contributed by atoms with Crippen molar-refractivity contribution in [1.29, 1.82) is 0 Å². The summed E-state index contributed by atoms with van der Waals surface area (Å²) in [4.78, 5) is 9.87. The van der Waals surface area contributed by atoms with Crippen LogP contribution in [0.4, 0.5) is 17.1 Å². The van der Waals surface area contributed by atoms with Crippen LogP contribution in [0.25, 0.3) is 77.2 Å². The predicted molar refractivity (Wildman–Crippen MR) is 311 cm³/mol. The Balaban J connectivity index is 0.00000564. The molecule has 0 saturated heterocycles. The second-order valence-electron chi connectivity index (χ2n) is 19.4. The molecule has 0 saturated carbocycles. The summed E-state index contributed by atoms with van der Waals surface area (Å²) in [6.45, 7) is -0.540. The van der Waals surface area contributed by atoms with Crippen LogP contribution >= 0.6 is 0 Å². The minimum absolute atomic E-state index is 0. The third kappa shape index (κ3) is 6.79. The van der Waals surface area contributed by atoms with Crippen molar-refractivity contribution in [3.63, 3.8) is 0 Å². The van der Waals surface area contributed by atoms with E-state index in [0.717, 1.165) is 104 Å². The van der Waals surface area contributed by atoms with E-state index in [4.69, 9.17) is 9.72 Å². The minimum atomic E-state index is -3.50. The third-order valence-electron chi connectivity index (χ3n) is 15.4. The number of para-hydroxylation sites is 6. The molecule has 8 heteroatoms. The van der Waals surface area contributed by atoms with Crippen molar-refractivity contribution in [1.82, 2.24) is 14.1 Å². The van der Waals surface area contributed by atoms with Crippen molar-refractivity contribution in [2.45, 2.75) is 6.85 Å². The second kappa shape index (κ2) is 18.0. The average molecular weight is 1180 g/mol. The summed E-state index contributed by atoms with van der Waals surface area (Å²) in [7, 11) is -1.46. The number of hydrogen-bond donors (Lipinski definition) is 0. The summed E-state index contributed by atoms with van der Waals surface area (Å²) in [5.74, 6) is 1.05. The Labute approximate surface area is 460 Å². The van der Waals surface area contributed by atoms with E-state index >= 15 is 0 Å². The van der Waals surface area contributed by atoms with Gasteiger partial charge in [0.1, 0.15) is 0 Å². The quantitative estimate of drug-likeness (QED) is 0.112. The van der Waals surface area contributed by atoms with Gasteiger partial charge in [0.25, 0.3) is 0 Å². The first-order valence-corrected chi connectivity index (χ1v) is 27.3. The van der Waals surface area contributed by atoms with E-state index in [1.165, 1.54) is 0 Å². The van der Waals surface area contributed by atoms with Crippen molar-refractivity contribution < 1.29 is 29.9 Å². The number of aryl methyl sites for hydroxylation is 1. The first-order chi connectivity index (χ1) is 38.3. The van der Waals surface area contributed by atoms with Crippen molar-refractivity contribution in [3.05, 3.63) is 261 Å². The zero-order valence-electron chi connectivity index (χ0n) is 44.1. The average Bonchev–Trinajstić information content (AvgIpc) is 4.24. The van der Waals surface area contributed by atoms with Gasteiger partial charge in [-0.2, -0.15) is 30.1 Å². The molecule has 2 aliphatic rings. The number of rotatable bonds is 8. The largest absolute Gasteiger partial charge is 0.509 e. The van der Waals surface area contributed by atoms with Crippen LogP contribution in [0.1, 0.15) is 9.68 Å². The van der Waals surface area contributed by atoms with Crippen LogP contribution < -0.4 is 35.4 Å². The van der Waals surface area contributed by atoms with Crippen molar-refractivity contribution in [3.8, 4) is 45.1 Å². The fourth-order valence-corrected chi connectivity index (χ4v) is 17.2. The van der Waals surface area contributed by atoms with Crippen molar-refractivity contribution >= 4 is 89.6 Å². The number of nitrogens with zero attached hydrogens (tertiary/aromatic N) is 5. The molecule has 10 aromatic carbocycles. The third-order valence-corrected chi connectivity index (χ3v) is 20.0. The van der Waals surface area contributed by atoms with Gasteiger partial charge in [-0.25, -0.2) is 0 Å². The van der Waals surface area contributed by atoms with Crippen LogP contribution in [0.15, 0.2) is 237 Å². The Bertz CT molecular complexity index is 4300. The Morgan fingerprint density at radius 2 is 0.961 bits per heavy atom. The van der Waals surface area contributed by atoms with Gasteiger partial charge in [-0.1, -0.05) is 140 Å². The molecule has 5 heterocycles. The number of pyridine rings is 1. The van der Waals surface area contributed by atoms with E-state index in [0.29, 0.717) is 22.4 Å². The van der Waals surface area contributed by atoms with Crippen molar-refractivity contribution in [2.75, 3.05) is 16.8 Å². The molecule has 2 aliphatic heterocycles. The number of hydrogen-bond acceptors (Lipinski definition) is 4. The minimum Gasteiger partial charge on any atom is -0.509 e. The summed E-state index contributed by atoms with van der Waals surface area (Å²) < 4.78 is 40.3. The molecule has 0 N–H and O–H groups in total. The van der Waals surface area contributed by atoms with Gasteiger partial charge >= 0.3 is 0 Å². The van der Waals surface area contributed by atoms with E-state index in [1.807, 2.05) is 61.8 Å². The molecule has 0 radical (unpaired) electrons. The Morgan fingerprint density at radius 3 is 1.54 bits per heavy atom. The van der Waals surface area contributed by atoms with Crippen molar-refractivity contribution in [2.24, 2.45) is 0 Å². The molecule has 0 spiro atoms. The van der Waals surface area contributed by atoms with Crippen LogP contribution in [-0.4, -0.2) is 29.2 Å². The molecule has 15 rings (SSSR count). The molecule has 0 amide bonds. The monoisotopic (exact) mass is 1170 g/mol. The summed E-state index contributed by atoms with van der Waals surface area (Å²) in [5.41, 5.74) is 12.4. The van der Waals surface area contributed by atoms with Crippen LogP contribution in [0.3, 0.4) is 0 Å². The van der Waals surface area contributed by atoms with Gasteiger partial charge in [-0.15, -0.1) is 36.0 Å². The van der Waals surface area contributed by atoms with Gasteiger partial charge in [0.2, 0.25) is 0 Å². The Kier molecular flexibility index (Phi) is 10.1. The van der Waals surface area contributed by atoms with Gasteiger partial charge in [-0.3, -0.25) is 4.98 Å². The molecule has 0 bridgehead atoms. The van der Waals surface area contributed by atoms with E-state index in [-0.39, 0.29) is 26.6 Å². The molecule has 366 valence electrons. The van der Waals surface area contributed by atoms with Gasteiger partial charge in [0.15, 0.2) is 8.07 Å². The first kappa shape index (κ1) is 42.6. The molecule has 76 heavy (non-hydrogen) atoms. The SMILES string of the molecule is [2H]C([2H])([2H])c1cc([Si]2(c3[c-]c(Oc4[c-]c(N5[CH-]N(C)c6ccccc65)ccc4)ccc3)c3ccccc3-c3ccccc32)ncc1-c1c(-n2c3ccccc3c3ccccc32)cccc1-n1c2ccccc2c2ccccc21.[Pt]. The number of aromatic nitrogens is 3. The Morgan fingerprint density at radius 1 is 0.487 bits per heavy atom. The number of fused-ring (bicyclic) bond motifs is 10. The van der Waals surface area contributed by atoms with Crippen LogP contribution in [-0.2, 0) is 21.1 Å². The molecule has 0 aliphatic carbocycles. The van der Waals surface area contributed by atoms with Crippen LogP contribution in [0, 0.1) is 25.7 Å². The zero-order chi connectivity index (χ0) is 52.3. The van der Waals surface area contributed by atoms with E-state index in [1.54, 1.807) is 0 Å². The maximum Gasteiger partial charge on any atom is 0.179 e. The van der Waals surface area contributed by atoms with E-state index < -0.39 is 14.9 Å². The van der Waals surface area contributed by atoms with E-state index in [9.17, 15) is 4.11 Å². The first-order valence-electron chi connectivity index (χ1n) is 26.8. The fourth-order valence-electron chi connectivity index (χ4n) is 12.3. The van der Waals surface area contributed by atoms with Gasteiger partial charge in [-0.05, 0) is 95.6 Å². The number of ether oxygens (including phenoxy) is 1. The molecule has 6 nitrogen and oxygen atoms in total. The van der Waals surface area contributed by atoms with Gasteiger partial charge < -0.3 is 23.7 Å². The molecule has 0 atom stereocenters. The number of benzene rings is 10. The smallest absolute Gasteiger partial charge is 0.179 e. The fraction of sp³-hybridized carbons (Fsp3) is 0.0294. The maximum atomic E-state index is 9.66.